The molecule has 22 heavy (non-hydrogen) atoms. The van der Waals surface area contributed by atoms with E-state index in [9.17, 15) is 0 Å². The van der Waals surface area contributed by atoms with Crippen molar-refractivity contribution >= 4 is 5.82 Å². The third kappa shape index (κ3) is 3.44. The lowest BCUT2D eigenvalue weighted by molar-refractivity contribution is 0.414. The van der Waals surface area contributed by atoms with Gasteiger partial charge in [-0.1, -0.05) is 35.5 Å². The molecule has 0 bridgehead atoms. The van der Waals surface area contributed by atoms with Crippen molar-refractivity contribution in [2.45, 2.75) is 6.42 Å². The minimum Gasteiger partial charge on any atom is -0.497 e. The average Bonchev–Trinajstić information content (AvgIpc) is 3.05. The van der Waals surface area contributed by atoms with Gasteiger partial charge in [0.25, 0.3) is 0 Å². The molecular weight excluding hydrogens is 276 g/mol. The van der Waals surface area contributed by atoms with Crippen LogP contribution in [0.5, 0.6) is 5.75 Å². The number of nitrogens with zero attached hydrogens (tertiary/aromatic N) is 3. The Bertz CT molecular complexity index is 707. The van der Waals surface area contributed by atoms with E-state index in [1.165, 1.54) is 5.56 Å². The second-order valence-electron chi connectivity index (χ2n) is 4.91. The quantitative estimate of drug-likeness (QED) is 0.759. The van der Waals surface area contributed by atoms with Crippen molar-refractivity contribution < 1.29 is 4.74 Å². The van der Waals surface area contributed by atoms with E-state index in [0.717, 1.165) is 30.2 Å². The topological polar surface area (TPSA) is 52.0 Å². The van der Waals surface area contributed by atoms with E-state index in [4.69, 9.17) is 4.74 Å². The van der Waals surface area contributed by atoms with Crippen LogP contribution >= 0.6 is 0 Å². The number of ether oxygens (including phenoxy) is 1. The van der Waals surface area contributed by atoms with Crippen LogP contribution in [0.1, 0.15) is 5.56 Å². The van der Waals surface area contributed by atoms with Crippen LogP contribution in [0, 0.1) is 0 Å². The largest absolute Gasteiger partial charge is 0.497 e. The Hall–Kier alpha value is -2.82. The Morgan fingerprint density at radius 1 is 1.05 bits per heavy atom. The van der Waals surface area contributed by atoms with Crippen LogP contribution in [0.2, 0.25) is 0 Å². The number of hydrogen-bond donors (Lipinski definition) is 1. The summed E-state index contributed by atoms with van der Waals surface area (Å²) in [6.07, 6.45) is 2.84. The number of nitrogens with one attached hydrogen (secondary N) is 1. The van der Waals surface area contributed by atoms with Crippen molar-refractivity contribution in [2.75, 3.05) is 19.0 Å². The van der Waals surface area contributed by atoms with Gasteiger partial charge in [-0.05, 0) is 36.2 Å². The second-order valence-corrected chi connectivity index (χ2v) is 4.91. The molecule has 0 aliphatic heterocycles. The lowest BCUT2D eigenvalue weighted by atomic mass is 10.1. The molecular formula is C17H18N4O. The molecule has 0 saturated heterocycles. The summed E-state index contributed by atoms with van der Waals surface area (Å²) in [5, 5.41) is 11.6. The van der Waals surface area contributed by atoms with E-state index in [1.807, 2.05) is 36.5 Å². The number of anilines is 1. The highest BCUT2D eigenvalue weighted by Gasteiger charge is 2.02. The first kappa shape index (κ1) is 14.1. The maximum atomic E-state index is 5.15. The summed E-state index contributed by atoms with van der Waals surface area (Å²) in [4.78, 5) is 0. The molecule has 112 valence electrons. The molecule has 1 heterocycles. The second kappa shape index (κ2) is 6.76. The molecule has 0 spiro atoms. The van der Waals surface area contributed by atoms with Gasteiger partial charge < -0.3 is 10.1 Å². The first-order valence-electron chi connectivity index (χ1n) is 7.20. The number of benzene rings is 2. The van der Waals surface area contributed by atoms with Crippen molar-refractivity contribution in [1.29, 1.82) is 0 Å². The Morgan fingerprint density at radius 2 is 1.82 bits per heavy atom. The zero-order valence-electron chi connectivity index (χ0n) is 12.4. The molecule has 0 fully saturated rings. The van der Waals surface area contributed by atoms with Crippen LogP contribution in [0.25, 0.3) is 5.69 Å². The summed E-state index contributed by atoms with van der Waals surface area (Å²) < 4.78 is 6.89. The summed E-state index contributed by atoms with van der Waals surface area (Å²) in [7, 11) is 1.65. The molecule has 0 saturated carbocycles. The number of methoxy groups -OCH3 is 1. The maximum absolute atomic E-state index is 5.15. The summed E-state index contributed by atoms with van der Waals surface area (Å²) >= 11 is 0. The molecule has 1 N–H and O–H groups in total. The fourth-order valence-electron chi connectivity index (χ4n) is 2.19. The van der Waals surface area contributed by atoms with Gasteiger partial charge in [-0.25, -0.2) is 4.68 Å². The van der Waals surface area contributed by atoms with E-state index < -0.39 is 0 Å². The number of hydrogen-bond acceptors (Lipinski definition) is 4. The standard InChI is InChI=1S/C17H18N4O/c1-22-16-9-7-15(8-10-16)21-13-17(19-20-21)18-12-11-14-5-3-2-4-6-14/h2-10,13,18H,11-12H2,1H3. The Kier molecular flexibility index (Phi) is 4.34. The Labute approximate surface area is 129 Å². The molecule has 0 aliphatic carbocycles. The molecule has 3 rings (SSSR count). The van der Waals surface area contributed by atoms with Crippen LogP contribution in [-0.2, 0) is 6.42 Å². The third-order valence-corrected chi connectivity index (χ3v) is 3.39. The Morgan fingerprint density at radius 3 is 2.55 bits per heavy atom. The van der Waals surface area contributed by atoms with E-state index >= 15 is 0 Å². The molecule has 0 atom stereocenters. The Balaban J connectivity index is 1.58. The predicted molar refractivity (Wildman–Crippen MR) is 86.5 cm³/mol. The van der Waals surface area contributed by atoms with Gasteiger partial charge in [0.05, 0.1) is 19.0 Å². The molecule has 2 aromatic carbocycles. The van der Waals surface area contributed by atoms with Crippen molar-refractivity contribution in [3.63, 3.8) is 0 Å². The smallest absolute Gasteiger partial charge is 0.169 e. The first-order valence-corrected chi connectivity index (χ1v) is 7.20. The highest BCUT2D eigenvalue weighted by Crippen LogP contribution is 2.15. The van der Waals surface area contributed by atoms with Gasteiger partial charge >= 0.3 is 0 Å². The highest BCUT2D eigenvalue weighted by atomic mass is 16.5. The summed E-state index contributed by atoms with van der Waals surface area (Å²) in [5.74, 6) is 1.59. The molecule has 5 heteroatoms. The van der Waals surface area contributed by atoms with Gasteiger partial charge in [0, 0.05) is 6.54 Å². The maximum Gasteiger partial charge on any atom is 0.169 e. The van der Waals surface area contributed by atoms with Gasteiger partial charge in [-0.2, -0.15) is 0 Å². The minimum atomic E-state index is 0.770. The number of rotatable bonds is 6. The van der Waals surface area contributed by atoms with E-state index in [0.29, 0.717) is 0 Å². The third-order valence-electron chi connectivity index (χ3n) is 3.39. The van der Waals surface area contributed by atoms with Crippen molar-refractivity contribution in [1.82, 2.24) is 15.0 Å². The SMILES string of the molecule is COc1ccc(-n2cc(NCCc3ccccc3)nn2)cc1. The van der Waals surface area contributed by atoms with Gasteiger partial charge in [0.1, 0.15) is 5.75 Å². The van der Waals surface area contributed by atoms with Crippen LogP contribution in [0.4, 0.5) is 5.82 Å². The molecule has 0 radical (unpaired) electrons. The van der Waals surface area contributed by atoms with E-state index in [2.05, 4.69) is 39.9 Å². The lowest BCUT2D eigenvalue weighted by Crippen LogP contribution is -2.04. The zero-order valence-corrected chi connectivity index (χ0v) is 12.4. The summed E-state index contributed by atoms with van der Waals surface area (Å²) in [5.41, 5.74) is 2.25. The van der Waals surface area contributed by atoms with Crippen LogP contribution in [-0.4, -0.2) is 28.6 Å². The van der Waals surface area contributed by atoms with E-state index in [1.54, 1.807) is 11.8 Å². The highest BCUT2D eigenvalue weighted by molar-refractivity contribution is 5.39. The van der Waals surface area contributed by atoms with Gasteiger partial charge in [0.2, 0.25) is 0 Å². The first-order chi connectivity index (χ1) is 10.8. The fourth-order valence-corrected chi connectivity index (χ4v) is 2.19. The molecule has 1 aromatic heterocycles. The molecule has 0 aliphatic rings. The van der Waals surface area contributed by atoms with Crippen molar-refractivity contribution in [2.24, 2.45) is 0 Å². The lowest BCUT2D eigenvalue weighted by Gasteiger charge is -2.03. The van der Waals surface area contributed by atoms with Crippen molar-refractivity contribution in [3.8, 4) is 11.4 Å². The predicted octanol–water partition coefficient (Wildman–Crippen LogP) is 2.93. The molecule has 0 amide bonds. The van der Waals surface area contributed by atoms with Crippen LogP contribution in [0.15, 0.2) is 60.8 Å². The van der Waals surface area contributed by atoms with Crippen molar-refractivity contribution in [3.05, 3.63) is 66.4 Å². The number of aromatic nitrogens is 3. The van der Waals surface area contributed by atoms with Gasteiger partial charge in [-0.15, -0.1) is 5.10 Å². The fraction of sp³-hybridized carbons (Fsp3) is 0.176. The molecule has 3 aromatic rings. The zero-order chi connectivity index (χ0) is 15.2. The van der Waals surface area contributed by atoms with Gasteiger partial charge in [-0.3, -0.25) is 0 Å². The normalized spacial score (nSPS) is 10.4. The monoisotopic (exact) mass is 294 g/mol. The summed E-state index contributed by atoms with van der Waals surface area (Å²) in [6.45, 7) is 0.825. The molecule has 5 nitrogen and oxygen atoms in total. The van der Waals surface area contributed by atoms with Gasteiger partial charge in [0.15, 0.2) is 5.82 Å². The minimum absolute atomic E-state index is 0.770. The van der Waals surface area contributed by atoms with Crippen LogP contribution in [0.3, 0.4) is 0 Å². The van der Waals surface area contributed by atoms with E-state index in [-0.39, 0.29) is 0 Å². The average molecular weight is 294 g/mol. The molecule has 0 unspecified atom stereocenters. The summed E-state index contributed by atoms with van der Waals surface area (Å²) in [6, 6.07) is 18.1. The van der Waals surface area contributed by atoms with Crippen LogP contribution < -0.4 is 10.1 Å².